The summed E-state index contributed by atoms with van der Waals surface area (Å²) in [5.41, 5.74) is 2.04. The van der Waals surface area contributed by atoms with Gasteiger partial charge in [-0.05, 0) is 31.2 Å². The van der Waals surface area contributed by atoms with Crippen molar-refractivity contribution in [2.24, 2.45) is 0 Å². The second-order valence-electron chi connectivity index (χ2n) is 6.97. The lowest BCUT2D eigenvalue weighted by molar-refractivity contribution is -0.127. The summed E-state index contributed by atoms with van der Waals surface area (Å²) in [7, 11) is 1.64. The maximum absolute atomic E-state index is 12.2. The summed E-state index contributed by atoms with van der Waals surface area (Å²) in [6.07, 6.45) is 0.522. The quantitative estimate of drug-likeness (QED) is 0.631. The van der Waals surface area contributed by atoms with E-state index >= 15 is 0 Å². The molecule has 1 unspecified atom stereocenters. The lowest BCUT2D eigenvalue weighted by Crippen LogP contribution is -2.24. The number of rotatable bonds is 7. The number of methoxy groups -OCH3 is 1. The standard InChI is InChI=1S/C22H25N3O3/c1-3-24-15-16(13-21(24)26)22-23-19-9-4-5-10-20(19)25(22)11-12-28-18-8-6-7-17(14-18)27-2/h4-10,14,16H,3,11-13,15H2,1-2H3. The summed E-state index contributed by atoms with van der Waals surface area (Å²) < 4.78 is 13.4. The zero-order valence-corrected chi connectivity index (χ0v) is 16.3. The molecule has 6 nitrogen and oxygen atoms in total. The predicted octanol–water partition coefficient (Wildman–Crippen LogP) is 3.46. The Balaban J connectivity index is 1.56. The van der Waals surface area contributed by atoms with Crippen LogP contribution >= 0.6 is 0 Å². The molecule has 0 spiro atoms. The molecule has 2 heterocycles. The molecule has 1 aliphatic heterocycles. The molecule has 1 aromatic heterocycles. The third kappa shape index (κ3) is 3.54. The number of carbonyl (C=O) groups excluding carboxylic acids is 1. The van der Waals surface area contributed by atoms with Gasteiger partial charge in [0, 0.05) is 31.5 Å². The average molecular weight is 379 g/mol. The van der Waals surface area contributed by atoms with Crippen molar-refractivity contribution in [1.82, 2.24) is 14.5 Å². The van der Waals surface area contributed by atoms with Crippen molar-refractivity contribution in [1.29, 1.82) is 0 Å². The highest BCUT2D eigenvalue weighted by atomic mass is 16.5. The van der Waals surface area contributed by atoms with Gasteiger partial charge in [-0.2, -0.15) is 0 Å². The van der Waals surface area contributed by atoms with Crippen LogP contribution in [0.5, 0.6) is 11.5 Å². The number of para-hydroxylation sites is 2. The van der Waals surface area contributed by atoms with E-state index in [0.29, 0.717) is 19.6 Å². The van der Waals surface area contributed by atoms with Crippen molar-refractivity contribution in [3.05, 3.63) is 54.4 Å². The fraction of sp³-hybridized carbons (Fsp3) is 0.364. The van der Waals surface area contributed by atoms with Crippen LogP contribution in [-0.2, 0) is 11.3 Å². The molecule has 0 bridgehead atoms. The third-order valence-electron chi connectivity index (χ3n) is 5.27. The maximum Gasteiger partial charge on any atom is 0.223 e. The zero-order valence-electron chi connectivity index (χ0n) is 16.3. The first-order chi connectivity index (χ1) is 13.7. The Kier molecular flexibility index (Phi) is 5.19. The second kappa shape index (κ2) is 7.92. The molecule has 6 heteroatoms. The number of ether oxygens (including phenoxy) is 2. The van der Waals surface area contributed by atoms with Gasteiger partial charge in [-0.15, -0.1) is 0 Å². The zero-order chi connectivity index (χ0) is 19.5. The number of fused-ring (bicyclic) bond motifs is 1. The summed E-state index contributed by atoms with van der Waals surface area (Å²) >= 11 is 0. The van der Waals surface area contributed by atoms with E-state index in [1.54, 1.807) is 7.11 Å². The van der Waals surface area contributed by atoms with E-state index in [9.17, 15) is 4.79 Å². The Hall–Kier alpha value is -3.02. The van der Waals surface area contributed by atoms with Crippen LogP contribution in [0.2, 0.25) is 0 Å². The number of nitrogens with zero attached hydrogens (tertiary/aromatic N) is 3. The van der Waals surface area contributed by atoms with Gasteiger partial charge in [0.15, 0.2) is 0 Å². The molecule has 0 N–H and O–H groups in total. The Morgan fingerprint density at radius 3 is 2.75 bits per heavy atom. The topological polar surface area (TPSA) is 56.6 Å². The fourth-order valence-electron chi connectivity index (χ4n) is 3.84. The first-order valence-corrected chi connectivity index (χ1v) is 9.69. The molecule has 1 amide bonds. The highest BCUT2D eigenvalue weighted by molar-refractivity contribution is 5.80. The molecule has 0 saturated carbocycles. The molecule has 3 aromatic rings. The number of imidazole rings is 1. The molecule has 4 rings (SSSR count). The van der Waals surface area contributed by atoms with E-state index in [1.807, 2.05) is 54.3 Å². The van der Waals surface area contributed by atoms with E-state index in [2.05, 4.69) is 10.6 Å². The van der Waals surface area contributed by atoms with E-state index in [-0.39, 0.29) is 11.8 Å². The van der Waals surface area contributed by atoms with Gasteiger partial charge in [-0.1, -0.05) is 18.2 Å². The Morgan fingerprint density at radius 1 is 1.14 bits per heavy atom. The number of likely N-dealkylation sites (N-methyl/N-ethyl adjacent to an activating group) is 1. The second-order valence-corrected chi connectivity index (χ2v) is 6.97. The van der Waals surface area contributed by atoms with Gasteiger partial charge in [0.25, 0.3) is 0 Å². The minimum Gasteiger partial charge on any atom is -0.497 e. The van der Waals surface area contributed by atoms with Gasteiger partial charge in [-0.3, -0.25) is 4.79 Å². The van der Waals surface area contributed by atoms with E-state index in [4.69, 9.17) is 14.5 Å². The Labute approximate surface area is 164 Å². The third-order valence-corrected chi connectivity index (χ3v) is 5.27. The van der Waals surface area contributed by atoms with Crippen LogP contribution in [0.3, 0.4) is 0 Å². The highest BCUT2D eigenvalue weighted by Crippen LogP contribution is 2.30. The highest BCUT2D eigenvalue weighted by Gasteiger charge is 2.33. The molecule has 1 atom stereocenters. The number of hydrogen-bond donors (Lipinski definition) is 0. The van der Waals surface area contributed by atoms with Crippen LogP contribution in [-0.4, -0.2) is 47.2 Å². The van der Waals surface area contributed by atoms with Gasteiger partial charge in [-0.25, -0.2) is 4.98 Å². The van der Waals surface area contributed by atoms with Crippen LogP contribution in [0.15, 0.2) is 48.5 Å². The number of likely N-dealkylation sites (tertiary alicyclic amines) is 1. The van der Waals surface area contributed by atoms with Crippen LogP contribution in [0.25, 0.3) is 11.0 Å². The Morgan fingerprint density at radius 2 is 1.96 bits per heavy atom. The number of amides is 1. The van der Waals surface area contributed by atoms with Crippen molar-refractivity contribution < 1.29 is 14.3 Å². The minimum absolute atomic E-state index is 0.122. The van der Waals surface area contributed by atoms with Crippen molar-refractivity contribution in [3.63, 3.8) is 0 Å². The van der Waals surface area contributed by atoms with Gasteiger partial charge in [0.05, 0.1) is 24.7 Å². The summed E-state index contributed by atoms with van der Waals surface area (Å²) in [5, 5.41) is 0. The van der Waals surface area contributed by atoms with Crippen LogP contribution < -0.4 is 9.47 Å². The maximum atomic E-state index is 12.2. The van der Waals surface area contributed by atoms with Crippen LogP contribution in [0.4, 0.5) is 0 Å². The van der Waals surface area contributed by atoms with E-state index < -0.39 is 0 Å². The molecule has 0 radical (unpaired) electrons. The predicted molar refractivity (Wildman–Crippen MR) is 108 cm³/mol. The number of hydrogen-bond acceptors (Lipinski definition) is 4. The summed E-state index contributed by atoms with van der Waals surface area (Å²) in [4.78, 5) is 19.0. The van der Waals surface area contributed by atoms with E-state index in [1.165, 1.54) is 0 Å². The van der Waals surface area contributed by atoms with Crippen molar-refractivity contribution >= 4 is 16.9 Å². The van der Waals surface area contributed by atoms with E-state index in [0.717, 1.165) is 41.4 Å². The molecule has 1 aliphatic rings. The molecule has 146 valence electrons. The molecule has 1 saturated heterocycles. The van der Waals surface area contributed by atoms with Gasteiger partial charge >= 0.3 is 0 Å². The van der Waals surface area contributed by atoms with Crippen molar-refractivity contribution in [2.45, 2.75) is 25.8 Å². The lowest BCUT2D eigenvalue weighted by atomic mass is 10.1. The largest absolute Gasteiger partial charge is 0.497 e. The summed E-state index contributed by atoms with van der Waals surface area (Å²) in [6.45, 7) is 4.68. The molecule has 0 aliphatic carbocycles. The normalized spacial score (nSPS) is 16.7. The lowest BCUT2D eigenvalue weighted by Gasteiger charge is -2.16. The first kappa shape index (κ1) is 18.3. The van der Waals surface area contributed by atoms with Gasteiger partial charge < -0.3 is 18.9 Å². The van der Waals surface area contributed by atoms with Gasteiger partial charge in [0.1, 0.15) is 23.9 Å². The van der Waals surface area contributed by atoms with Crippen molar-refractivity contribution in [2.75, 3.05) is 26.8 Å². The summed E-state index contributed by atoms with van der Waals surface area (Å²) in [5.74, 6) is 2.85. The van der Waals surface area contributed by atoms with Crippen molar-refractivity contribution in [3.8, 4) is 11.5 Å². The molecule has 28 heavy (non-hydrogen) atoms. The first-order valence-electron chi connectivity index (χ1n) is 9.69. The monoisotopic (exact) mass is 379 g/mol. The number of aromatic nitrogens is 2. The van der Waals surface area contributed by atoms with Crippen LogP contribution in [0, 0.1) is 0 Å². The molecule has 1 fully saturated rings. The molecule has 2 aromatic carbocycles. The minimum atomic E-state index is 0.122. The molecular weight excluding hydrogens is 354 g/mol. The average Bonchev–Trinajstić information content (AvgIpc) is 3.28. The molecular formula is C22H25N3O3. The SMILES string of the molecule is CCN1CC(c2nc3ccccc3n2CCOc2cccc(OC)c2)CC1=O. The fourth-order valence-corrected chi connectivity index (χ4v) is 3.84. The number of benzene rings is 2. The Bertz CT molecular complexity index is 982. The van der Waals surface area contributed by atoms with Crippen LogP contribution in [0.1, 0.15) is 25.1 Å². The summed E-state index contributed by atoms with van der Waals surface area (Å²) in [6, 6.07) is 15.7. The number of carbonyl (C=O) groups is 1. The van der Waals surface area contributed by atoms with Gasteiger partial charge in [0.2, 0.25) is 5.91 Å². The smallest absolute Gasteiger partial charge is 0.223 e.